The van der Waals surface area contributed by atoms with Crippen LogP contribution in [0.5, 0.6) is 5.75 Å². The predicted octanol–water partition coefficient (Wildman–Crippen LogP) is 2.16. The third-order valence-corrected chi connectivity index (χ3v) is 3.51. The van der Waals surface area contributed by atoms with Crippen LogP contribution < -0.4 is 4.74 Å². The zero-order chi connectivity index (χ0) is 14.1. The Kier molecular flexibility index (Phi) is 3.18. The van der Waals surface area contributed by atoms with Crippen molar-refractivity contribution < 1.29 is 14.3 Å². The number of aryl methyl sites for hydroxylation is 1. The van der Waals surface area contributed by atoms with Gasteiger partial charge in [-0.15, -0.1) is 0 Å². The first-order valence-corrected chi connectivity index (χ1v) is 6.66. The molecule has 0 saturated heterocycles. The predicted molar refractivity (Wildman–Crippen MR) is 73.5 cm³/mol. The van der Waals surface area contributed by atoms with E-state index in [2.05, 4.69) is 5.10 Å². The molecule has 0 atom stereocenters. The number of rotatable bonds is 3. The molecule has 1 aromatic heterocycles. The number of hydrogen-bond acceptors (Lipinski definition) is 4. The minimum absolute atomic E-state index is 0.300. The molecule has 0 unspecified atom stereocenters. The van der Waals surface area contributed by atoms with E-state index in [-0.39, 0.29) is 5.97 Å². The quantitative estimate of drug-likeness (QED) is 0.803. The number of aromatic nitrogens is 2. The largest absolute Gasteiger partial charge is 0.497 e. The minimum Gasteiger partial charge on any atom is -0.497 e. The Balaban J connectivity index is 2.03. The second-order valence-corrected chi connectivity index (χ2v) is 4.63. The topological polar surface area (TPSA) is 53.3 Å². The lowest BCUT2D eigenvalue weighted by Gasteiger charge is -2.19. The number of nitrogens with zero attached hydrogens (tertiary/aromatic N) is 2. The first kappa shape index (κ1) is 12.7. The van der Waals surface area contributed by atoms with E-state index >= 15 is 0 Å². The van der Waals surface area contributed by atoms with Gasteiger partial charge in [0.25, 0.3) is 0 Å². The Hall–Kier alpha value is -2.30. The van der Waals surface area contributed by atoms with Crippen LogP contribution in [0.1, 0.15) is 28.5 Å². The molecular weight excluding hydrogens is 256 g/mol. The Labute approximate surface area is 117 Å². The molecule has 0 amide bonds. The van der Waals surface area contributed by atoms with Crippen molar-refractivity contribution in [2.45, 2.75) is 19.8 Å². The van der Waals surface area contributed by atoms with Crippen LogP contribution in [-0.4, -0.2) is 29.5 Å². The van der Waals surface area contributed by atoms with E-state index in [1.165, 1.54) is 5.56 Å². The Morgan fingerprint density at radius 2 is 2.25 bits per heavy atom. The molecule has 5 nitrogen and oxygen atoms in total. The van der Waals surface area contributed by atoms with E-state index in [0.29, 0.717) is 12.2 Å². The maximum Gasteiger partial charge on any atom is 0.341 e. The molecule has 0 bridgehead atoms. The molecule has 0 spiro atoms. The van der Waals surface area contributed by atoms with E-state index in [0.717, 1.165) is 30.0 Å². The molecule has 104 valence electrons. The number of carbonyl (C=O) groups excluding carboxylic acids is 1. The van der Waals surface area contributed by atoms with Crippen molar-refractivity contribution in [1.82, 2.24) is 9.78 Å². The first-order chi connectivity index (χ1) is 9.74. The molecule has 0 saturated carbocycles. The Morgan fingerprint density at radius 3 is 3.00 bits per heavy atom. The molecule has 0 N–H and O–H groups in total. The van der Waals surface area contributed by atoms with Gasteiger partial charge in [-0.3, -0.25) is 0 Å². The number of esters is 1. The molecule has 0 aliphatic carbocycles. The highest BCUT2D eigenvalue weighted by atomic mass is 16.5. The molecule has 2 aromatic rings. The number of fused-ring (bicyclic) bond motifs is 3. The summed E-state index contributed by atoms with van der Waals surface area (Å²) >= 11 is 0. The summed E-state index contributed by atoms with van der Waals surface area (Å²) in [6, 6.07) is 5.89. The van der Waals surface area contributed by atoms with Crippen molar-refractivity contribution in [3.63, 3.8) is 0 Å². The molecule has 5 heteroatoms. The molecule has 3 rings (SSSR count). The summed E-state index contributed by atoms with van der Waals surface area (Å²) in [6.07, 6.45) is 3.23. The fourth-order valence-corrected chi connectivity index (χ4v) is 2.55. The van der Waals surface area contributed by atoms with Crippen LogP contribution in [0, 0.1) is 0 Å². The fraction of sp³-hybridized carbons (Fsp3) is 0.333. The maximum atomic E-state index is 11.9. The third kappa shape index (κ3) is 1.95. The smallest absolute Gasteiger partial charge is 0.341 e. The van der Waals surface area contributed by atoms with E-state index < -0.39 is 0 Å². The zero-order valence-electron chi connectivity index (χ0n) is 11.5. The number of ether oxygens (including phenoxy) is 2. The lowest BCUT2D eigenvalue weighted by Crippen LogP contribution is -2.16. The Morgan fingerprint density at radius 1 is 1.40 bits per heavy atom. The molecule has 20 heavy (non-hydrogen) atoms. The number of methoxy groups -OCH3 is 1. The average Bonchev–Trinajstić information content (AvgIpc) is 2.91. The van der Waals surface area contributed by atoms with Crippen molar-refractivity contribution >= 4 is 5.97 Å². The molecular formula is C15H16N2O3. The molecule has 0 fully saturated rings. The minimum atomic E-state index is -0.300. The second-order valence-electron chi connectivity index (χ2n) is 4.63. The summed E-state index contributed by atoms with van der Waals surface area (Å²) in [7, 11) is 1.66. The zero-order valence-corrected chi connectivity index (χ0v) is 11.5. The summed E-state index contributed by atoms with van der Waals surface area (Å²) in [4.78, 5) is 11.9. The van der Waals surface area contributed by atoms with E-state index in [9.17, 15) is 4.79 Å². The van der Waals surface area contributed by atoms with Crippen molar-refractivity contribution in [3.8, 4) is 11.4 Å². The number of benzene rings is 1. The van der Waals surface area contributed by atoms with Gasteiger partial charge in [-0.25, -0.2) is 9.48 Å². The van der Waals surface area contributed by atoms with Crippen LogP contribution in [-0.2, 0) is 17.6 Å². The van der Waals surface area contributed by atoms with Gasteiger partial charge in [-0.2, -0.15) is 5.10 Å². The van der Waals surface area contributed by atoms with Gasteiger partial charge in [0, 0.05) is 0 Å². The van der Waals surface area contributed by atoms with Crippen LogP contribution >= 0.6 is 0 Å². The van der Waals surface area contributed by atoms with Crippen LogP contribution in [0.25, 0.3) is 5.69 Å². The van der Waals surface area contributed by atoms with E-state index in [4.69, 9.17) is 9.47 Å². The number of carbonyl (C=O) groups is 1. The van der Waals surface area contributed by atoms with Crippen molar-refractivity contribution in [1.29, 1.82) is 0 Å². The fourth-order valence-electron chi connectivity index (χ4n) is 2.55. The highest BCUT2D eigenvalue weighted by molar-refractivity contribution is 5.90. The van der Waals surface area contributed by atoms with E-state index in [1.54, 1.807) is 20.2 Å². The molecule has 2 heterocycles. The summed E-state index contributed by atoms with van der Waals surface area (Å²) in [6.45, 7) is 2.17. The third-order valence-electron chi connectivity index (χ3n) is 3.51. The van der Waals surface area contributed by atoms with Crippen LogP contribution in [0.4, 0.5) is 0 Å². The van der Waals surface area contributed by atoms with Gasteiger partial charge >= 0.3 is 5.97 Å². The van der Waals surface area contributed by atoms with Crippen LogP contribution in [0.15, 0.2) is 24.4 Å². The molecule has 0 radical (unpaired) electrons. The molecule has 1 aliphatic heterocycles. The van der Waals surface area contributed by atoms with Crippen molar-refractivity contribution in [2.24, 2.45) is 0 Å². The van der Waals surface area contributed by atoms with Crippen molar-refractivity contribution in [2.75, 3.05) is 13.7 Å². The Bertz CT molecular complexity index is 661. The normalized spacial score (nSPS) is 12.5. The maximum absolute atomic E-state index is 11.9. The van der Waals surface area contributed by atoms with Crippen LogP contribution in [0.2, 0.25) is 0 Å². The summed E-state index contributed by atoms with van der Waals surface area (Å²) in [5.74, 6) is 0.538. The summed E-state index contributed by atoms with van der Waals surface area (Å²) in [5, 5.41) is 4.33. The van der Waals surface area contributed by atoms with Gasteiger partial charge in [0.2, 0.25) is 0 Å². The summed E-state index contributed by atoms with van der Waals surface area (Å²) in [5.41, 5.74) is 3.66. The van der Waals surface area contributed by atoms with E-state index in [1.807, 2.05) is 22.9 Å². The van der Waals surface area contributed by atoms with Crippen LogP contribution in [0.3, 0.4) is 0 Å². The van der Waals surface area contributed by atoms with Gasteiger partial charge in [0.1, 0.15) is 11.3 Å². The monoisotopic (exact) mass is 272 g/mol. The van der Waals surface area contributed by atoms with Gasteiger partial charge in [-0.05, 0) is 43.5 Å². The van der Waals surface area contributed by atoms with Gasteiger partial charge in [-0.1, -0.05) is 0 Å². The van der Waals surface area contributed by atoms with Gasteiger partial charge in [0.05, 0.1) is 31.3 Å². The SMILES string of the molecule is CCOC(=O)c1cnn2c1CCc1cc(OC)ccc1-2. The lowest BCUT2D eigenvalue weighted by molar-refractivity contribution is 0.0525. The lowest BCUT2D eigenvalue weighted by atomic mass is 10.00. The highest BCUT2D eigenvalue weighted by Gasteiger charge is 2.24. The molecule has 1 aromatic carbocycles. The molecule has 1 aliphatic rings. The highest BCUT2D eigenvalue weighted by Crippen LogP contribution is 2.29. The average molecular weight is 272 g/mol. The van der Waals surface area contributed by atoms with Gasteiger partial charge in [0.15, 0.2) is 0 Å². The second kappa shape index (κ2) is 5.00. The number of hydrogen-bond donors (Lipinski definition) is 0. The van der Waals surface area contributed by atoms with Crippen molar-refractivity contribution in [3.05, 3.63) is 41.2 Å². The summed E-state index contributed by atoms with van der Waals surface area (Å²) < 4.78 is 12.1. The van der Waals surface area contributed by atoms with Gasteiger partial charge < -0.3 is 9.47 Å². The standard InChI is InChI=1S/C15H16N2O3/c1-3-20-15(18)12-9-16-17-13-7-5-11(19-2)8-10(13)4-6-14(12)17/h5,7-9H,3-4,6H2,1-2H3. The first-order valence-electron chi connectivity index (χ1n) is 6.66.